The van der Waals surface area contributed by atoms with Crippen LogP contribution >= 0.6 is 15.9 Å². The van der Waals surface area contributed by atoms with Gasteiger partial charge in [0.25, 0.3) is 0 Å². The lowest BCUT2D eigenvalue weighted by atomic mass is 10.00. The third-order valence-corrected chi connectivity index (χ3v) is 4.00. The number of hydrogen-bond donors (Lipinski definition) is 0. The highest BCUT2D eigenvalue weighted by atomic mass is 79.9. The fourth-order valence-electron chi connectivity index (χ4n) is 2.39. The van der Waals surface area contributed by atoms with Crippen LogP contribution in [0.15, 0.2) is 18.3 Å². The Bertz CT molecular complexity index is 323. The minimum Gasteiger partial charge on any atom is -0.354 e. The maximum absolute atomic E-state index is 4.57. The molecule has 1 aromatic heterocycles. The molecule has 2 nitrogen and oxygen atoms in total. The van der Waals surface area contributed by atoms with Gasteiger partial charge in [0, 0.05) is 24.1 Å². The molecule has 1 unspecified atom stereocenters. The van der Waals surface area contributed by atoms with Crippen LogP contribution in [-0.4, -0.2) is 17.6 Å². The SMILES string of the molecule is CCC1CCCCN1c1ccc(CBr)cn1. The molecular formula is C13H19BrN2. The monoisotopic (exact) mass is 282 g/mol. The maximum Gasteiger partial charge on any atom is 0.128 e. The van der Waals surface area contributed by atoms with E-state index in [1.165, 1.54) is 37.8 Å². The lowest BCUT2D eigenvalue weighted by Gasteiger charge is -2.36. The third-order valence-electron chi connectivity index (χ3n) is 3.36. The van der Waals surface area contributed by atoms with Crippen LogP contribution in [-0.2, 0) is 5.33 Å². The Kier molecular flexibility index (Phi) is 4.22. The summed E-state index contributed by atoms with van der Waals surface area (Å²) in [6.07, 6.45) is 7.19. The first-order chi connectivity index (χ1) is 7.85. The Morgan fingerprint density at radius 2 is 2.31 bits per heavy atom. The number of anilines is 1. The summed E-state index contributed by atoms with van der Waals surface area (Å²) in [4.78, 5) is 7.04. The molecule has 0 amide bonds. The van der Waals surface area contributed by atoms with Crippen molar-refractivity contribution in [3.63, 3.8) is 0 Å². The Morgan fingerprint density at radius 3 is 2.94 bits per heavy atom. The van der Waals surface area contributed by atoms with Gasteiger partial charge in [-0.25, -0.2) is 4.98 Å². The highest BCUT2D eigenvalue weighted by Crippen LogP contribution is 2.25. The molecule has 1 atom stereocenters. The van der Waals surface area contributed by atoms with E-state index in [4.69, 9.17) is 0 Å². The first-order valence-corrected chi connectivity index (χ1v) is 7.25. The van der Waals surface area contributed by atoms with Crippen LogP contribution in [0.5, 0.6) is 0 Å². The Labute approximate surface area is 106 Å². The number of rotatable bonds is 3. The molecule has 0 bridgehead atoms. The van der Waals surface area contributed by atoms with Crippen molar-refractivity contribution in [1.29, 1.82) is 0 Å². The molecule has 0 aromatic carbocycles. The van der Waals surface area contributed by atoms with Gasteiger partial charge in [0.2, 0.25) is 0 Å². The zero-order valence-electron chi connectivity index (χ0n) is 9.82. The summed E-state index contributed by atoms with van der Waals surface area (Å²) in [5, 5.41) is 0.886. The van der Waals surface area contributed by atoms with Gasteiger partial charge in [0.05, 0.1) is 0 Å². The molecule has 0 saturated carbocycles. The van der Waals surface area contributed by atoms with Gasteiger partial charge in [0.1, 0.15) is 5.82 Å². The summed E-state index contributed by atoms with van der Waals surface area (Å²) >= 11 is 3.45. The van der Waals surface area contributed by atoms with Crippen molar-refractivity contribution in [3.8, 4) is 0 Å². The van der Waals surface area contributed by atoms with Gasteiger partial charge in [0.15, 0.2) is 0 Å². The summed E-state index contributed by atoms with van der Waals surface area (Å²) in [5.74, 6) is 1.15. The predicted molar refractivity (Wildman–Crippen MR) is 72.1 cm³/mol. The van der Waals surface area contributed by atoms with E-state index in [-0.39, 0.29) is 0 Å². The molecule has 1 aliphatic rings. The molecule has 0 radical (unpaired) electrons. The number of pyridine rings is 1. The summed E-state index contributed by atoms with van der Waals surface area (Å²) in [6, 6.07) is 5.01. The fraction of sp³-hybridized carbons (Fsp3) is 0.615. The van der Waals surface area contributed by atoms with E-state index in [1.807, 2.05) is 6.20 Å². The van der Waals surface area contributed by atoms with E-state index < -0.39 is 0 Å². The number of aromatic nitrogens is 1. The summed E-state index contributed by atoms with van der Waals surface area (Å²) < 4.78 is 0. The molecule has 0 N–H and O–H groups in total. The summed E-state index contributed by atoms with van der Waals surface area (Å²) in [7, 11) is 0. The minimum atomic E-state index is 0.691. The van der Waals surface area contributed by atoms with Crippen molar-refractivity contribution in [2.24, 2.45) is 0 Å². The molecule has 0 spiro atoms. The molecule has 2 heterocycles. The van der Waals surface area contributed by atoms with Crippen molar-refractivity contribution in [1.82, 2.24) is 4.98 Å². The van der Waals surface area contributed by atoms with E-state index >= 15 is 0 Å². The van der Waals surface area contributed by atoms with Gasteiger partial charge >= 0.3 is 0 Å². The Hall–Kier alpha value is -0.570. The molecule has 3 heteroatoms. The van der Waals surface area contributed by atoms with Gasteiger partial charge < -0.3 is 4.90 Å². The molecule has 1 fully saturated rings. The van der Waals surface area contributed by atoms with Crippen LogP contribution in [0.25, 0.3) is 0 Å². The van der Waals surface area contributed by atoms with Crippen molar-refractivity contribution < 1.29 is 0 Å². The minimum absolute atomic E-state index is 0.691. The number of alkyl halides is 1. The van der Waals surface area contributed by atoms with E-state index in [0.29, 0.717) is 6.04 Å². The molecule has 1 aromatic rings. The normalized spacial score (nSPS) is 21.1. The van der Waals surface area contributed by atoms with Gasteiger partial charge in [-0.15, -0.1) is 0 Å². The lowest BCUT2D eigenvalue weighted by Crippen LogP contribution is -2.39. The van der Waals surface area contributed by atoms with Crippen LogP contribution < -0.4 is 4.90 Å². The highest BCUT2D eigenvalue weighted by molar-refractivity contribution is 9.08. The van der Waals surface area contributed by atoms with E-state index in [1.54, 1.807) is 0 Å². The fourth-order valence-corrected chi connectivity index (χ4v) is 2.72. The van der Waals surface area contributed by atoms with Crippen LogP contribution in [0.3, 0.4) is 0 Å². The molecule has 16 heavy (non-hydrogen) atoms. The zero-order chi connectivity index (χ0) is 11.4. The van der Waals surface area contributed by atoms with Crippen LogP contribution in [0.4, 0.5) is 5.82 Å². The quantitative estimate of drug-likeness (QED) is 0.785. The first-order valence-electron chi connectivity index (χ1n) is 6.12. The number of hydrogen-bond acceptors (Lipinski definition) is 2. The standard InChI is InChI=1S/C13H19BrN2/c1-2-12-5-3-4-8-16(12)13-7-6-11(9-14)10-15-13/h6-7,10,12H,2-5,8-9H2,1H3. The number of piperidine rings is 1. The largest absolute Gasteiger partial charge is 0.354 e. The van der Waals surface area contributed by atoms with Crippen molar-refractivity contribution in [2.45, 2.75) is 44.0 Å². The first kappa shape index (κ1) is 11.9. The predicted octanol–water partition coefficient (Wildman–Crippen LogP) is 3.75. The smallest absolute Gasteiger partial charge is 0.128 e. The van der Waals surface area contributed by atoms with Crippen LogP contribution in [0, 0.1) is 0 Å². The van der Waals surface area contributed by atoms with Crippen molar-refractivity contribution in [2.75, 3.05) is 11.4 Å². The molecule has 1 aliphatic heterocycles. The molecule has 88 valence electrons. The van der Waals surface area contributed by atoms with Gasteiger partial charge in [-0.05, 0) is 37.3 Å². The van der Waals surface area contributed by atoms with E-state index in [2.05, 4.69) is 44.9 Å². The second-order valence-corrected chi connectivity index (χ2v) is 4.97. The topological polar surface area (TPSA) is 16.1 Å². The average Bonchev–Trinajstić information content (AvgIpc) is 2.39. The second kappa shape index (κ2) is 5.67. The van der Waals surface area contributed by atoms with Crippen molar-refractivity contribution in [3.05, 3.63) is 23.9 Å². The number of halogens is 1. The molecular weight excluding hydrogens is 264 g/mol. The molecule has 0 aliphatic carbocycles. The third kappa shape index (κ3) is 2.57. The van der Waals surface area contributed by atoms with E-state index in [9.17, 15) is 0 Å². The van der Waals surface area contributed by atoms with Crippen molar-refractivity contribution >= 4 is 21.7 Å². The van der Waals surface area contributed by atoms with Crippen LogP contribution in [0.1, 0.15) is 38.2 Å². The lowest BCUT2D eigenvalue weighted by molar-refractivity contribution is 0.447. The van der Waals surface area contributed by atoms with E-state index in [0.717, 1.165) is 11.1 Å². The van der Waals surface area contributed by atoms with Gasteiger partial charge in [-0.2, -0.15) is 0 Å². The Balaban J connectivity index is 2.14. The maximum atomic E-state index is 4.57. The highest BCUT2D eigenvalue weighted by Gasteiger charge is 2.21. The molecule has 1 saturated heterocycles. The second-order valence-electron chi connectivity index (χ2n) is 4.41. The zero-order valence-corrected chi connectivity index (χ0v) is 11.4. The van der Waals surface area contributed by atoms with Gasteiger partial charge in [-0.3, -0.25) is 0 Å². The van der Waals surface area contributed by atoms with Gasteiger partial charge in [-0.1, -0.05) is 28.9 Å². The Morgan fingerprint density at radius 1 is 1.44 bits per heavy atom. The summed E-state index contributed by atoms with van der Waals surface area (Å²) in [5.41, 5.74) is 1.24. The van der Waals surface area contributed by atoms with Crippen LogP contribution in [0.2, 0.25) is 0 Å². The average molecular weight is 283 g/mol. The number of nitrogens with zero attached hydrogens (tertiary/aromatic N) is 2. The summed E-state index contributed by atoms with van der Waals surface area (Å²) in [6.45, 7) is 3.44. The molecule has 2 rings (SSSR count).